The number of nitrogens with one attached hydrogen (secondary N) is 1. The Hall–Kier alpha value is -3.34. The van der Waals surface area contributed by atoms with Gasteiger partial charge in [0.05, 0.1) is 6.61 Å². The quantitative estimate of drug-likeness (QED) is 0.524. The molecule has 4 nitrogen and oxygen atoms in total. The number of hydrogen-bond acceptors (Lipinski definition) is 3. The van der Waals surface area contributed by atoms with Crippen molar-refractivity contribution in [2.75, 3.05) is 11.9 Å². The molecule has 0 saturated heterocycles. The fourth-order valence-electron chi connectivity index (χ4n) is 3.21. The van der Waals surface area contributed by atoms with Crippen LogP contribution in [0.1, 0.15) is 39.5 Å². The van der Waals surface area contributed by atoms with E-state index in [9.17, 15) is 9.18 Å². The molecule has 30 heavy (non-hydrogen) atoms. The number of anilines is 1. The highest BCUT2D eigenvalue weighted by molar-refractivity contribution is 6.04. The van der Waals surface area contributed by atoms with Gasteiger partial charge in [-0.3, -0.25) is 4.79 Å². The zero-order valence-electron chi connectivity index (χ0n) is 17.7. The van der Waals surface area contributed by atoms with Crippen LogP contribution in [-0.4, -0.2) is 12.5 Å². The van der Waals surface area contributed by atoms with E-state index in [1.807, 2.05) is 26.8 Å². The largest absolute Gasteiger partial charge is 0.493 e. The molecule has 3 aromatic carbocycles. The number of ether oxygens (including phenoxy) is 2. The van der Waals surface area contributed by atoms with Crippen molar-refractivity contribution in [1.82, 2.24) is 0 Å². The van der Waals surface area contributed by atoms with E-state index in [2.05, 4.69) is 18.3 Å². The molecule has 0 fully saturated rings. The second-order valence-electron chi connectivity index (χ2n) is 7.21. The normalized spacial score (nSPS) is 10.6. The van der Waals surface area contributed by atoms with Crippen LogP contribution in [0, 0.1) is 26.6 Å². The van der Waals surface area contributed by atoms with Gasteiger partial charge in [-0.2, -0.15) is 0 Å². The van der Waals surface area contributed by atoms with Gasteiger partial charge >= 0.3 is 0 Å². The molecule has 0 aliphatic carbocycles. The summed E-state index contributed by atoms with van der Waals surface area (Å²) in [7, 11) is 0. The summed E-state index contributed by atoms with van der Waals surface area (Å²) in [5.41, 5.74) is 4.98. The summed E-state index contributed by atoms with van der Waals surface area (Å²) in [4.78, 5) is 12.6. The van der Waals surface area contributed by atoms with E-state index in [1.54, 1.807) is 30.3 Å². The number of rotatable bonds is 7. The van der Waals surface area contributed by atoms with Crippen LogP contribution < -0.4 is 14.8 Å². The van der Waals surface area contributed by atoms with Crippen LogP contribution in [0.2, 0.25) is 0 Å². The minimum absolute atomic E-state index is 0.264. The first kappa shape index (κ1) is 21.4. The van der Waals surface area contributed by atoms with Gasteiger partial charge < -0.3 is 14.8 Å². The second-order valence-corrected chi connectivity index (χ2v) is 7.21. The fourth-order valence-corrected chi connectivity index (χ4v) is 3.21. The molecule has 5 heteroatoms. The molecule has 156 valence electrons. The monoisotopic (exact) mass is 407 g/mol. The maximum absolute atomic E-state index is 13.4. The van der Waals surface area contributed by atoms with Crippen LogP contribution in [0.3, 0.4) is 0 Å². The number of carbonyl (C=O) groups excluding carboxylic acids is 1. The second kappa shape index (κ2) is 9.44. The average Bonchev–Trinajstić information content (AvgIpc) is 2.70. The van der Waals surface area contributed by atoms with E-state index < -0.39 is 5.82 Å². The first-order valence-electron chi connectivity index (χ1n) is 9.90. The Morgan fingerprint density at radius 3 is 2.50 bits per heavy atom. The van der Waals surface area contributed by atoms with Crippen molar-refractivity contribution >= 4 is 11.6 Å². The van der Waals surface area contributed by atoms with E-state index in [0.29, 0.717) is 23.6 Å². The van der Waals surface area contributed by atoms with Crippen molar-refractivity contribution in [1.29, 1.82) is 0 Å². The summed E-state index contributed by atoms with van der Waals surface area (Å²) in [6.45, 7) is 8.78. The van der Waals surface area contributed by atoms with Crippen LogP contribution >= 0.6 is 0 Å². The van der Waals surface area contributed by atoms with E-state index in [0.717, 1.165) is 22.4 Å². The highest BCUT2D eigenvalue weighted by Crippen LogP contribution is 2.27. The van der Waals surface area contributed by atoms with Crippen LogP contribution in [0.15, 0.2) is 54.6 Å². The van der Waals surface area contributed by atoms with E-state index in [1.165, 1.54) is 17.7 Å². The molecule has 3 aromatic rings. The Labute approximate surface area is 176 Å². The lowest BCUT2D eigenvalue weighted by Crippen LogP contribution is -2.13. The maximum Gasteiger partial charge on any atom is 0.255 e. The molecule has 0 aliphatic rings. The van der Waals surface area contributed by atoms with Gasteiger partial charge in [0, 0.05) is 16.8 Å². The highest BCUT2D eigenvalue weighted by Gasteiger charge is 2.13. The number of aryl methyl sites for hydroxylation is 2. The molecular formula is C25H26FNO3. The first-order chi connectivity index (χ1) is 14.4. The van der Waals surface area contributed by atoms with Crippen molar-refractivity contribution in [2.45, 2.75) is 34.3 Å². The van der Waals surface area contributed by atoms with E-state index >= 15 is 0 Å². The molecule has 0 saturated carbocycles. The molecule has 0 spiro atoms. The van der Waals surface area contributed by atoms with Gasteiger partial charge in [-0.05, 0) is 86.8 Å². The summed E-state index contributed by atoms with van der Waals surface area (Å²) in [5, 5.41) is 2.71. The van der Waals surface area contributed by atoms with Crippen LogP contribution in [0.5, 0.6) is 11.5 Å². The SMILES string of the molecule is CCOc1ccc(C(=O)Nc2cccc(F)c2)cc1COc1cc(C)cc(C)c1C. The van der Waals surface area contributed by atoms with E-state index in [-0.39, 0.29) is 12.5 Å². The fraction of sp³-hybridized carbons (Fsp3) is 0.240. The van der Waals surface area contributed by atoms with Gasteiger partial charge in [-0.25, -0.2) is 4.39 Å². The van der Waals surface area contributed by atoms with Gasteiger partial charge in [0.25, 0.3) is 5.91 Å². The summed E-state index contributed by atoms with van der Waals surface area (Å²) in [5.74, 6) is 0.747. The number of halogens is 1. The smallest absolute Gasteiger partial charge is 0.255 e. The molecule has 1 N–H and O–H groups in total. The van der Waals surface area contributed by atoms with Crippen molar-refractivity contribution in [3.8, 4) is 11.5 Å². The first-order valence-corrected chi connectivity index (χ1v) is 9.90. The molecule has 0 radical (unpaired) electrons. The van der Waals surface area contributed by atoms with Crippen molar-refractivity contribution in [3.05, 3.63) is 88.2 Å². The van der Waals surface area contributed by atoms with Gasteiger partial charge in [0.2, 0.25) is 0 Å². The predicted molar refractivity (Wildman–Crippen MR) is 117 cm³/mol. The predicted octanol–water partition coefficient (Wildman–Crippen LogP) is 5.98. The Morgan fingerprint density at radius 1 is 0.967 bits per heavy atom. The van der Waals surface area contributed by atoms with Crippen LogP contribution in [-0.2, 0) is 6.61 Å². The van der Waals surface area contributed by atoms with Gasteiger partial charge in [-0.1, -0.05) is 12.1 Å². The Balaban J connectivity index is 1.83. The number of benzene rings is 3. The topological polar surface area (TPSA) is 47.6 Å². The van der Waals surface area contributed by atoms with Crippen molar-refractivity contribution in [2.24, 2.45) is 0 Å². The molecule has 0 aliphatic heterocycles. The van der Waals surface area contributed by atoms with Gasteiger partial charge in [0.15, 0.2) is 0 Å². The Morgan fingerprint density at radius 2 is 1.77 bits per heavy atom. The average molecular weight is 407 g/mol. The Kier molecular flexibility index (Phi) is 6.72. The summed E-state index contributed by atoms with van der Waals surface area (Å²) in [6, 6.07) is 15.1. The molecule has 0 atom stereocenters. The van der Waals surface area contributed by atoms with Crippen molar-refractivity contribution in [3.63, 3.8) is 0 Å². The third-order valence-corrected chi connectivity index (χ3v) is 4.85. The molecule has 0 heterocycles. The lowest BCUT2D eigenvalue weighted by molar-refractivity contribution is 0.102. The molecule has 0 bridgehead atoms. The standard InChI is InChI=1S/C25H26FNO3/c1-5-29-23-10-9-19(25(28)27-22-8-6-7-21(26)14-22)13-20(23)15-30-24-12-16(2)11-17(3)18(24)4/h6-14H,5,15H2,1-4H3,(H,27,28). The summed E-state index contributed by atoms with van der Waals surface area (Å²) in [6.07, 6.45) is 0. The third-order valence-electron chi connectivity index (χ3n) is 4.85. The lowest BCUT2D eigenvalue weighted by atomic mass is 10.1. The maximum atomic E-state index is 13.4. The number of amides is 1. The molecule has 0 aromatic heterocycles. The van der Waals surface area contributed by atoms with E-state index in [4.69, 9.17) is 9.47 Å². The molecule has 1 amide bonds. The Bertz CT molecular complexity index is 1060. The summed E-state index contributed by atoms with van der Waals surface area (Å²) >= 11 is 0. The molecular weight excluding hydrogens is 381 g/mol. The molecule has 3 rings (SSSR count). The minimum Gasteiger partial charge on any atom is -0.493 e. The van der Waals surface area contributed by atoms with Gasteiger partial charge in [0.1, 0.15) is 23.9 Å². The summed E-state index contributed by atoms with van der Waals surface area (Å²) < 4.78 is 25.2. The van der Waals surface area contributed by atoms with Crippen LogP contribution in [0.4, 0.5) is 10.1 Å². The molecule has 0 unspecified atom stereocenters. The lowest BCUT2D eigenvalue weighted by Gasteiger charge is -2.16. The third kappa shape index (κ3) is 5.17. The van der Waals surface area contributed by atoms with Crippen molar-refractivity contribution < 1.29 is 18.7 Å². The van der Waals surface area contributed by atoms with Crippen LogP contribution in [0.25, 0.3) is 0 Å². The number of hydrogen-bond donors (Lipinski definition) is 1. The zero-order valence-corrected chi connectivity index (χ0v) is 17.7. The van der Waals surface area contributed by atoms with Gasteiger partial charge in [-0.15, -0.1) is 0 Å². The zero-order chi connectivity index (χ0) is 21.7. The minimum atomic E-state index is -0.405. The number of carbonyl (C=O) groups is 1. The highest BCUT2D eigenvalue weighted by atomic mass is 19.1.